The molecule has 1 heterocycles. The molecule has 4 fully saturated rings. The Balaban J connectivity index is 1.34. The predicted octanol–water partition coefficient (Wildman–Crippen LogP) is 5.06. The van der Waals surface area contributed by atoms with Gasteiger partial charge in [0, 0.05) is 5.92 Å². The van der Waals surface area contributed by atoms with Gasteiger partial charge in [-0.25, -0.2) is 0 Å². The lowest BCUT2D eigenvalue weighted by molar-refractivity contribution is -0.154. The van der Waals surface area contributed by atoms with Gasteiger partial charge in [-0.3, -0.25) is 0 Å². The first kappa shape index (κ1) is 23.3. The van der Waals surface area contributed by atoms with Crippen molar-refractivity contribution >= 4 is 0 Å². The van der Waals surface area contributed by atoms with E-state index in [-0.39, 0.29) is 18.1 Å². The summed E-state index contributed by atoms with van der Waals surface area (Å²) in [6.07, 6.45) is 11.7. The summed E-state index contributed by atoms with van der Waals surface area (Å²) in [5, 5.41) is 31.2. The molecule has 0 aromatic carbocycles. The molecule has 182 valence electrons. The van der Waals surface area contributed by atoms with E-state index >= 15 is 0 Å². The zero-order chi connectivity index (χ0) is 23.1. The third-order valence-electron chi connectivity index (χ3n) is 11.4. The lowest BCUT2D eigenvalue weighted by Crippen LogP contribution is -2.51. The van der Waals surface area contributed by atoms with Gasteiger partial charge in [-0.2, -0.15) is 0 Å². The second-order valence-corrected chi connectivity index (χ2v) is 13.3. The van der Waals surface area contributed by atoms with Crippen LogP contribution in [0.2, 0.25) is 0 Å². The molecule has 0 unspecified atom stereocenters. The third-order valence-corrected chi connectivity index (χ3v) is 11.4. The Morgan fingerprint density at radius 1 is 1.06 bits per heavy atom. The Labute approximate surface area is 194 Å². The van der Waals surface area contributed by atoms with Crippen LogP contribution in [-0.4, -0.2) is 39.4 Å². The second kappa shape index (κ2) is 7.80. The number of ether oxygens (including phenoxy) is 1. The number of aliphatic hydroxyl groups excluding tert-OH is 2. The number of rotatable bonds is 3. The van der Waals surface area contributed by atoms with Crippen molar-refractivity contribution in [2.24, 2.45) is 46.3 Å². The molecule has 11 atom stereocenters. The zero-order valence-corrected chi connectivity index (χ0v) is 20.9. The van der Waals surface area contributed by atoms with Crippen molar-refractivity contribution in [3.63, 3.8) is 0 Å². The topological polar surface area (TPSA) is 69.9 Å². The minimum atomic E-state index is -0.913. The molecule has 5 rings (SSSR count). The normalized spacial score (nSPS) is 52.1. The number of hydrogen-bond acceptors (Lipinski definition) is 4. The third kappa shape index (κ3) is 3.46. The Morgan fingerprint density at radius 3 is 2.50 bits per heavy atom. The molecule has 4 heteroatoms. The summed E-state index contributed by atoms with van der Waals surface area (Å²) in [5.41, 5.74) is 1.28. The summed E-state index contributed by atoms with van der Waals surface area (Å²) >= 11 is 0. The second-order valence-electron chi connectivity index (χ2n) is 13.3. The number of hydrogen-bond donors (Lipinski definition) is 3. The quantitative estimate of drug-likeness (QED) is 0.530. The van der Waals surface area contributed by atoms with Gasteiger partial charge in [0.05, 0.1) is 17.8 Å². The Bertz CT molecular complexity index is 755. The molecule has 0 spiro atoms. The molecule has 0 aromatic rings. The predicted molar refractivity (Wildman–Crippen MR) is 126 cm³/mol. The van der Waals surface area contributed by atoms with Crippen LogP contribution in [0.5, 0.6) is 0 Å². The van der Waals surface area contributed by atoms with E-state index in [4.69, 9.17) is 4.74 Å². The van der Waals surface area contributed by atoms with Crippen LogP contribution in [0.4, 0.5) is 0 Å². The zero-order valence-electron chi connectivity index (χ0n) is 20.9. The highest BCUT2D eigenvalue weighted by Gasteiger charge is 2.60. The maximum atomic E-state index is 10.5. The fraction of sp³-hybridized carbons (Fsp3) is 0.929. The smallest absolute Gasteiger partial charge is 0.160 e. The van der Waals surface area contributed by atoms with E-state index in [9.17, 15) is 15.3 Å². The SMILES string of the molecule is C[C@H]([C@H]1C[C@@H](C(C)(C)O)[C@H](O)O1)[C@@H]1CC[C@H]2[C@@H]3CC=C4C[C@@H](O)CC[C@]4(C)[C@H]3CC[C@]12C. The van der Waals surface area contributed by atoms with E-state index < -0.39 is 11.9 Å². The van der Waals surface area contributed by atoms with E-state index in [0.29, 0.717) is 22.7 Å². The van der Waals surface area contributed by atoms with Crippen LogP contribution in [0.3, 0.4) is 0 Å². The average molecular weight is 447 g/mol. The molecule has 1 saturated heterocycles. The van der Waals surface area contributed by atoms with Crippen molar-refractivity contribution in [3.8, 4) is 0 Å². The van der Waals surface area contributed by atoms with Crippen molar-refractivity contribution in [1.82, 2.24) is 0 Å². The van der Waals surface area contributed by atoms with Crippen LogP contribution in [0.15, 0.2) is 11.6 Å². The summed E-state index contributed by atoms with van der Waals surface area (Å²) in [4.78, 5) is 0. The summed E-state index contributed by atoms with van der Waals surface area (Å²) < 4.78 is 6.07. The first-order valence-electron chi connectivity index (χ1n) is 13.4. The van der Waals surface area contributed by atoms with Crippen LogP contribution in [0.25, 0.3) is 0 Å². The molecule has 3 saturated carbocycles. The number of fused-ring (bicyclic) bond motifs is 5. The van der Waals surface area contributed by atoms with Gasteiger partial charge in [0.25, 0.3) is 0 Å². The van der Waals surface area contributed by atoms with Gasteiger partial charge in [-0.05, 0) is 112 Å². The maximum absolute atomic E-state index is 10.5. The Kier molecular flexibility index (Phi) is 5.68. The molecule has 0 amide bonds. The number of allylic oxidation sites excluding steroid dienone is 1. The van der Waals surface area contributed by atoms with Crippen molar-refractivity contribution in [3.05, 3.63) is 11.6 Å². The Morgan fingerprint density at radius 2 is 1.81 bits per heavy atom. The van der Waals surface area contributed by atoms with Crippen LogP contribution in [0, 0.1) is 46.3 Å². The van der Waals surface area contributed by atoms with Gasteiger partial charge in [0.15, 0.2) is 6.29 Å². The van der Waals surface area contributed by atoms with Crippen molar-refractivity contribution in [2.75, 3.05) is 0 Å². The molecule has 0 aromatic heterocycles. The molecular formula is C28H46O4. The maximum Gasteiger partial charge on any atom is 0.160 e. The van der Waals surface area contributed by atoms with Crippen LogP contribution in [0.1, 0.15) is 92.4 Å². The highest BCUT2D eigenvalue weighted by molar-refractivity contribution is 5.25. The summed E-state index contributed by atoms with van der Waals surface area (Å²) in [6.45, 7) is 11.0. The lowest BCUT2D eigenvalue weighted by Gasteiger charge is -2.58. The van der Waals surface area contributed by atoms with Gasteiger partial charge in [-0.15, -0.1) is 0 Å². The van der Waals surface area contributed by atoms with Crippen LogP contribution >= 0.6 is 0 Å². The monoisotopic (exact) mass is 446 g/mol. The van der Waals surface area contributed by atoms with E-state index in [1.165, 1.54) is 32.1 Å². The minimum absolute atomic E-state index is 0.0370. The number of aliphatic hydroxyl groups is 3. The van der Waals surface area contributed by atoms with Gasteiger partial charge in [0.2, 0.25) is 0 Å². The molecule has 3 N–H and O–H groups in total. The summed E-state index contributed by atoms with van der Waals surface area (Å²) in [5.74, 6) is 3.13. The highest BCUT2D eigenvalue weighted by atomic mass is 16.6. The first-order valence-corrected chi connectivity index (χ1v) is 13.4. The largest absolute Gasteiger partial charge is 0.393 e. The van der Waals surface area contributed by atoms with E-state index in [2.05, 4.69) is 26.8 Å². The van der Waals surface area contributed by atoms with Gasteiger partial charge >= 0.3 is 0 Å². The van der Waals surface area contributed by atoms with Crippen LogP contribution < -0.4 is 0 Å². The lowest BCUT2D eigenvalue weighted by atomic mass is 9.47. The molecular weight excluding hydrogens is 400 g/mol. The van der Waals surface area contributed by atoms with Crippen LogP contribution in [-0.2, 0) is 4.74 Å². The van der Waals surface area contributed by atoms with E-state index in [0.717, 1.165) is 43.4 Å². The Hall–Kier alpha value is -0.420. The van der Waals surface area contributed by atoms with E-state index in [1.807, 2.05) is 0 Å². The fourth-order valence-corrected chi connectivity index (χ4v) is 9.48. The minimum Gasteiger partial charge on any atom is -0.393 e. The highest BCUT2D eigenvalue weighted by Crippen LogP contribution is 2.67. The first-order chi connectivity index (χ1) is 14.9. The molecule has 5 aliphatic rings. The molecule has 4 aliphatic carbocycles. The van der Waals surface area contributed by atoms with Crippen molar-refractivity contribution in [2.45, 2.75) is 117 Å². The average Bonchev–Trinajstić information content (AvgIpc) is 3.28. The van der Waals surface area contributed by atoms with Crippen molar-refractivity contribution < 1.29 is 20.1 Å². The molecule has 0 radical (unpaired) electrons. The van der Waals surface area contributed by atoms with Crippen molar-refractivity contribution in [1.29, 1.82) is 0 Å². The van der Waals surface area contributed by atoms with Gasteiger partial charge < -0.3 is 20.1 Å². The molecule has 4 nitrogen and oxygen atoms in total. The molecule has 32 heavy (non-hydrogen) atoms. The van der Waals surface area contributed by atoms with E-state index in [1.54, 1.807) is 19.4 Å². The standard InChI is InChI=1S/C28H46O4/c1-16(24-15-23(25(30)32-24)26(2,3)31)20-8-9-21-19-7-6-17-14-18(29)10-12-27(17,4)22(19)11-13-28(20,21)5/h6,16,18-25,29-31H,7-15H2,1-5H3/t16-,18-,19-,20-,21-,22-,23+,24+,25+,27-,28+/m0/s1. The summed E-state index contributed by atoms with van der Waals surface area (Å²) in [6, 6.07) is 0. The van der Waals surface area contributed by atoms with Gasteiger partial charge in [0.1, 0.15) is 0 Å². The fourth-order valence-electron chi connectivity index (χ4n) is 9.48. The molecule has 0 bridgehead atoms. The summed E-state index contributed by atoms with van der Waals surface area (Å²) in [7, 11) is 0. The molecule has 1 aliphatic heterocycles. The van der Waals surface area contributed by atoms with Gasteiger partial charge in [-0.1, -0.05) is 32.4 Å².